The maximum absolute atomic E-state index is 2.55. The van der Waals surface area contributed by atoms with Crippen molar-refractivity contribution in [3.05, 3.63) is 254 Å². The zero-order valence-corrected chi connectivity index (χ0v) is 39.2. The van der Waals surface area contributed by atoms with Gasteiger partial charge in [-0.25, -0.2) is 0 Å². The summed E-state index contributed by atoms with van der Waals surface area (Å²) in [4.78, 5) is 2.55. The van der Waals surface area contributed by atoms with Crippen LogP contribution in [0.1, 0.15) is 43.6 Å². The number of benzene rings is 11. The highest BCUT2D eigenvalue weighted by Gasteiger charge is 2.26. The van der Waals surface area contributed by atoms with Gasteiger partial charge in [0.1, 0.15) is 0 Å². The molecule has 2 nitrogen and oxygen atoms in total. The highest BCUT2D eigenvalue weighted by molar-refractivity contribution is 6.16. The van der Waals surface area contributed by atoms with Crippen molar-refractivity contribution in [3.63, 3.8) is 0 Å². The fourth-order valence-corrected chi connectivity index (χ4v) is 11.9. The molecule has 1 heterocycles. The van der Waals surface area contributed by atoms with Crippen LogP contribution in [-0.4, -0.2) is 4.57 Å². The smallest absolute Gasteiger partial charge is 0.0547 e. The standard InChI is InChI=1S/C68H52N2/c1-4-22-47(23-5-1)54-37-17-26-49-28-19-40-59(66(49)54)57-34-10-13-42-62(57)70(63-43-14-11-35-58(63)60-41-20-29-50-27-18-38-55(67(50)60)48-24-6-2-7-25-48)53-33-16-30-51(46-53)56-39-21-45-65-68(56)61-36-12-15-44-64(61)69(65)52-31-8-3-9-32-52/h1,3-5,8-23,26-46,48H,2,6-7,24-25H2. The average Bonchev–Trinajstić information content (AvgIpc) is 3.78. The molecule has 11 aromatic carbocycles. The molecule has 1 aromatic heterocycles. The molecule has 0 bridgehead atoms. The van der Waals surface area contributed by atoms with Crippen molar-refractivity contribution in [2.45, 2.75) is 38.0 Å². The molecule has 12 aromatic rings. The van der Waals surface area contributed by atoms with Crippen molar-refractivity contribution in [3.8, 4) is 50.2 Å². The highest BCUT2D eigenvalue weighted by atomic mass is 15.1. The average molecular weight is 897 g/mol. The first-order valence-electron chi connectivity index (χ1n) is 25.0. The molecule has 1 fully saturated rings. The van der Waals surface area contributed by atoms with Gasteiger partial charge in [-0.2, -0.15) is 0 Å². The summed E-state index contributed by atoms with van der Waals surface area (Å²) in [5.74, 6) is 0.556. The first-order valence-corrected chi connectivity index (χ1v) is 25.0. The Labute approximate surface area is 410 Å². The maximum Gasteiger partial charge on any atom is 0.0547 e. The summed E-state index contributed by atoms with van der Waals surface area (Å²) in [6.45, 7) is 0. The lowest BCUT2D eigenvalue weighted by molar-refractivity contribution is 0.445. The van der Waals surface area contributed by atoms with Crippen LogP contribution < -0.4 is 4.90 Å². The summed E-state index contributed by atoms with van der Waals surface area (Å²) in [5.41, 5.74) is 18.1. The van der Waals surface area contributed by atoms with Gasteiger partial charge in [0.25, 0.3) is 0 Å². The summed E-state index contributed by atoms with van der Waals surface area (Å²) in [6.07, 6.45) is 6.41. The van der Waals surface area contributed by atoms with Crippen LogP contribution in [0.4, 0.5) is 17.1 Å². The van der Waals surface area contributed by atoms with E-state index in [2.05, 4.69) is 258 Å². The number of rotatable bonds is 9. The second-order valence-corrected chi connectivity index (χ2v) is 19.0. The Morgan fingerprint density at radius 1 is 0.343 bits per heavy atom. The molecule has 0 saturated heterocycles. The number of aromatic nitrogens is 1. The summed E-state index contributed by atoms with van der Waals surface area (Å²) in [5, 5.41) is 7.65. The molecule has 1 aliphatic carbocycles. The number of nitrogens with zero attached hydrogens (tertiary/aromatic N) is 2. The Bertz CT molecular complexity index is 3860. The second-order valence-electron chi connectivity index (χ2n) is 19.0. The molecule has 0 amide bonds. The molecular weight excluding hydrogens is 845 g/mol. The van der Waals surface area contributed by atoms with Gasteiger partial charge >= 0.3 is 0 Å². The first-order chi connectivity index (χ1) is 34.8. The van der Waals surface area contributed by atoms with Crippen LogP contribution in [-0.2, 0) is 0 Å². The van der Waals surface area contributed by atoms with E-state index in [4.69, 9.17) is 0 Å². The SMILES string of the molecule is c1ccc(-c2cccc3cccc(-c4ccccc4N(c4cccc(-c5cccc6c5c5ccccc5n6-c5ccccc5)c4)c4ccccc4-c4cccc5cccc(C6CCCCC6)c45)c23)cc1. The molecule has 1 aliphatic rings. The maximum atomic E-state index is 2.55. The van der Waals surface area contributed by atoms with Crippen LogP contribution in [0.2, 0.25) is 0 Å². The number of hydrogen-bond acceptors (Lipinski definition) is 1. The quantitative estimate of drug-likeness (QED) is 0.140. The molecule has 70 heavy (non-hydrogen) atoms. The normalized spacial score (nSPS) is 13.1. The van der Waals surface area contributed by atoms with E-state index >= 15 is 0 Å². The van der Waals surface area contributed by atoms with Crippen LogP contribution in [0.25, 0.3) is 93.5 Å². The lowest BCUT2D eigenvalue weighted by Crippen LogP contribution is -2.13. The van der Waals surface area contributed by atoms with Gasteiger partial charge in [0, 0.05) is 33.3 Å². The molecule has 0 aliphatic heterocycles. The van der Waals surface area contributed by atoms with Crippen molar-refractivity contribution in [1.82, 2.24) is 4.57 Å². The Hall–Kier alpha value is -8.46. The van der Waals surface area contributed by atoms with Gasteiger partial charge in [0.05, 0.1) is 22.4 Å². The van der Waals surface area contributed by atoms with Gasteiger partial charge in [-0.15, -0.1) is 0 Å². The van der Waals surface area contributed by atoms with E-state index in [1.54, 1.807) is 0 Å². The Morgan fingerprint density at radius 3 is 1.56 bits per heavy atom. The predicted molar refractivity (Wildman–Crippen MR) is 298 cm³/mol. The predicted octanol–water partition coefficient (Wildman–Crippen LogP) is 19.3. The lowest BCUT2D eigenvalue weighted by Gasteiger charge is -2.31. The minimum Gasteiger partial charge on any atom is -0.309 e. The lowest BCUT2D eigenvalue weighted by atomic mass is 9.80. The summed E-state index contributed by atoms with van der Waals surface area (Å²) in [7, 11) is 0. The second kappa shape index (κ2) is 17.9. The fourth-order valence-electron chi connectivity index (χ4n) is 11.9. The minimum absolute atomic E-state index is 0.556. The van der Waals surface area contributed by atoms with E-state index < -0.39 is 0 Å². The fraction of sp³-hybridized carbons (Fsp3) is 0.0882. The van der Waals surface area contributed by atoms with E-state index in [9.17, 15) is 0 Å². The van der Waals surface area contributed by atoms with E-state index in [-0.39, 0.29) is 0 Å². The zero-order valence-electron chi connectivity index (χ0n) is 39.2. The Balaban J connectivity index is 1.07. The molecule has 334 valence electrons. The van der Waals surface area contributed by atoms with Crippen LogP contribution in [0.15, 0.2) is 249 Å². The summed E-state index contributed by atoms with van der Waals surface area (Å²) < 4.78 is 2.41. The van der Waals surface area contributed by atoms with Crippen LogP contribution in [0, 0.1) is 0 Å². The number of para-hydroxylation sites is 4. The molecular formula is C68H52N2. The van der Waals surface area contributed by atoms with Crippen molar-refractivity contribution in [2.24, 2.45) is 0 Å². The highest BCUT2D eigenvalue weighted by Crippen LogP contribution is 2.50. The Morgan fingerprint density at radius 2 is 0.843 bits per heavy atom. The van der Waals surface area contributed by atoms with E-state index in [1.807, 2.05) is 0 Å². The van der Waals surface area contributed by atoms with Gasteiger partial charge in [-0.3, -0.25) is 0 Å². The van der Waals surface area contributed by atoms with Gasteiger partial charge < -0.3 is 9.47 Å². The minimum atomic E-state index is 0.556. The van der Waals surface area contributed by atoms with Crippen molar-refractivity contribution in [1.29, 1.82) is 0 Å². The molecule has 0 atom stereocenters. The van der Waals surface area contributed by atoms with E-state index in [0.29, 0.717) is 5.92 Å². The van der Waals surface area contributed by atoms with Gasteiger partial charge in [-0.1, -0.05) is 219 Å². The van der Waals surface area contributed by atoms with Crippen LogP contribution in [0.3, 0.4) is 0 Å². The van der Waals surface area contributed by atoms with Crippen molar-refractivity contribution in [2.75, 3.05) is 4.90 Å². The van der Waals surface area contributed by atoms with Crippen LogP contribution >= 0.6 is 0 Å². The van der Waals surface area contributed by atoms with Gasteiger partial charge in [-0.05, 0) is 128 Å². The molecule has 0 spiro atoms. The summed E-state index contributed by atoms with van der Waals surface area (Å²) in [6, 6.07) is 92.2. The zero-order chi connectivity index (χ0) is 46.4. The molecule has 0 N–H and O–H groups in total. The number of anilines is 3. The van der Waals surface area contributed by atoms with Crippen LogP contribution in [0.5, 0.6) is 0 Å². The third-order valence-electron chi connectivity index (χ3n) is 15.0. The summed E-state index contributed by atoms with van der Waals surface area (Å²) >= 11 is 0. The van der Waals surface area contributed by atoms with E-state index in [0.717, 1.165) is 22.7 Å². The number of hydrogen-bond donors (Lipinski definition) is 0. The molecule has 1 saturated carbocycles. The number of fused-ring (bicyclic) bond motifs is 5. The third-order valence-corrected chi connectivity index (χ3v) is 15.0. The Kier molecular flexibility index (Phi) is 10.7. The van der Waals surface area contributed by atoms with Crippen molar-refractivity contribution < 1.29 is 0 Å². The van der Waals surface area contributed by atoms with E-state index in [1.165, 1.54) is 126 Å². The molecule has 13 rings (SSSR count). The third kappa shape index (κ3) is 7.18. The largest absolute Gasteiger partial charge is 0.309 e. The molecule has 0 radical (unpaired) electrons. The topological polar surface area (TPSA) is 8.17 Å². The van der Waals surface area contributed by atoms with Gasteiger partial charge in [0.2, 0.25) is 0 Å². The molecule has 0 unspecified atom stereocenters. The van der Waals surface area contributed by atoms with Gasteiger partial charge in [0.15, 0.2) is 0 Å². The molecule has 2 heteroatoms. The monoisotopic (exact) mass is 896 g/mol. The first kappa shape index (κ1) is 41.7. The van der Waals surface area contributed by atoms with Crippen molar-refractivity contribution >= 4 is 60.4 Å².